The maximum absolute atomic E-state index is 12.1. The van der Waals surface area contributed by atoms with Gasteiger partial charge in [-0.15, -0.1) is 0 Å². The van der Waals surface area contributed by atoms with Crippen LogP contribution in [0.15, 0.2) is 46.9 Å². The average Bonchev–Trinajstić information content (AvgIpc) is 3.03. The van der Waals surface area contributed by atoms with Crippen molar-refractivity contribution in [2.45, 2.75) is 13.8 Å². The Kier molecular flexibility index (Phi) is 5.14. The summed E-state index contributed by atoms with van der Waals surface area (Å²) in [5, 5.41) is 1.24. The zero-order chi connectivity index (χ0) is 18.7. The Hall–Kier alpha value is -2.99. The third-order valence-corrected chi connectivity index (χ3v) is 3.96. The van der Waals surface area contributed by atoms with Crippen molar-refractivity contribution >= 4 is 34.4 Å². The predicted octanol–water partition coefficient (Wildman–Crippen LogP) is 3.54. The second kappa shape index (κ2) is 7.49. The Labute approximate surface area is 155 Å². The van der Waals surface area contributed by atoms with E-state index in [0.29, 0.717) is 21.7 Å². The Balaban J connectivity index is 1.54. The van der Waals surface area contributed by atoms with Crippen molar-refractivity contribution in [2.24, 2.45) is 0 Å². The molecule has 0 radical (unpaired) electrons. The van der Waals surface area contributed by atoms with Crippen LogP contribution < -0.4 is 15.6 Å². The molecule has 3 aromatic rings. The van der Waals surface area contributed by atoms with Crippen LogP contribution >= 0.6 is 11.6 Å². The topological polar surface area (TPSA) is 80.6 Å². The summed E-state index contributed by atoms with van der Waals surface area (Å²) in [6.45, 7) is 3.61. The lowest BCUT2D eigenvalue weighted by molar-refractivity contribution is -0.123. The van der Waals surface area contributed by atoms with Gasteiger partial charge in [0.1, 0.15) is 11.3 Å². The Morgan fingerprint density at radius 2 is 1.88 bits per heavy atom. The number of halogens is 1. The SMILES string of the molecule is Cc1ccc(C)c(OCC(=O)NNC(=O)c2cc3cc(Cl)ccc3o2)c1. The van der Waals surface area contributed by atoms with Crippen molar-refractivity contribution in [1.82, 2.24) is 10.9 Å². The van der Waals surface area contributed by atoms with Crippen LogP contribution in [0.3, 0.4) is 0 Å². The first-order chi connectivity index (χ1) is 12.4. The third-order valence-electron chi connectivity index (χ3n) is 3.72. The van der Waals surface area contributed by atoms with Crippen molar-refractivity contribution in [3.63, 3.8) is 0 Å². The van der Waals surface area contributed by atoms with Gasteiger partial charge in [0.05, 0.1) is 0 Å². The molecule has 0 saturated heterocycles. The fourth-order valence-electron chi connectivity index (χ4n) is 2.36. The van der Waals surface area contributed by atoms with Gasteiger partial charge >= 0.3 is 5.91 Å². The number of carbonyl (C=O) groups excluding carboxylic acids is 2. The molecule has 0 spiro atoms. The molecule has 26 heavy (non-hydrogen) atoms. The second-order valence-corrected chi connectivity index (χ2v) is 6.29. The Morgan fingerprint density at radius 3 is 2.69 bits per heavy atom. The van der Waals surface area contributed by atoms with E-state index in [1.54, 1.807) is 24.3 Å². The molecule has 1 heterocycles. The maximum atomic E-state index is 12.1. The first-order valence-electron chi connectivity index (χ1n) is 7.91. The summed E-state index contributed by atoms with van der Waals surface area (Å²) >= 11 is 5.90. The number of hydrogen-bond donors (Lipinski definition) is 2. The third kappa shape index (κ3) is 4.15. The number of ether oxygens (including phenoxy) is 1. The molecule has 0 atom stereocenters. The summed E-state index contributed by atoms with van der Waals surface area (Å²) in [5.74, 6) is -0.366. The van der Waals surface area contributed by atoms with Gasteiger partial charge in [0, 0.05) is 10.4 Å². The van der Waals surface area contributed by atoms with Crippen LogP contribution in [-0.2, 0) is 4.79 Å². The van der Waals surface area contributed by atoms with Crippen LogP contribution in [0.4, 0.5) is 0 Å². The molecule has 2 amide bonds. The van der Waals surface area contributed by atoms with Crippen LogP contribution in [0.2, 0.25) is 5.02 Å². The number of hydrazine groups is 1. The van der Waals surface area contributed by atoms with Crippen molar-refractivity contribution in [2.75, 3.05) is 6.61 Å². The smallest absolute Gasteiger partial charge is 0.305 e. The molecule has 0 bridgehead atoms. The van der Waals surface area contributed by atoms with Gasteiger partial charge in [0.25, 0.3) is 5.91 Å². The zero-order valence-corrected chi connectivity index (χ0v) is 15.0. The molecule has 6 nitrogen and oxygen atoms in total. The molecule has 134 valence electrons. The number of amides is 2. The van der Waals surface area contributed by atoms with Gasteiger partial charge in [-0.25, -0.2) is 0 Å². The number of nitrogens with one attached hydrogen (secondary N) is 2. The highest BCUT2D eigenvalue weighted by Crippen LogP contribution is 2.23. The normalized spacial score (nSPS) is 10.6. The fraction of sp³-hybridized carbons (Fsp3) is 0.158. The van der Waals surface area contributed by atoms with Crippen LogP contribution in [0.1, 0.15) is 21.7 Å². The summed E-state index contributed by atoms with van der Waals surface area (Å²) in [4.78, 5) is 23.9. The zero-order valence-electron chi connectivity index (χ0n) is 14.3. The standard InChI is InChI=1S/C19H17ClN2O4/c1-11-3-4-12(2)16(7-11)25-10-18(23)21-22-19(24)17-9-13-8-14(20)5-6-15(13)26-17/h3-9H,10H2,1-2H3,(H,21,23)(H,22,24). The minimum Gasteiger partial charge on any atom is -0.483 e. The van der Waals surface area contributed by atoms with Gasteiger partial charge < -0.3 is 9.15 Å². The Morgan fingerprint density at radius 1 is 1.08 bits per heavy atom. The van der Waals surface area contributed by atoms with Gasteiger partial charge in [-0.1, -0.05) is 23.7 Å². The van der Waals surface area contributed by atoms with Gasteiger partial charge in [-0.2, -0.15) is 0 Å². The summed E-state index contributed by atoms with van der Waals surface area (Å²) in [5.41, 5.74) is 7.07. The number of aryl methyl sites for hydroxylation is 2. The van der Waals surface area contributed by atoms with Crippen molar-refractivity contribution in [1.29, 1.82) is 0 Å². The van der Waals surface area contributed by atoms with Crippen LogP contribution in [0.25, 0.3) is 11.0 Å². The molecule has 0 aliphatic carbocycles. The van der Waals surface area contributed by atoms with E-state index in [-0.39, 0.29) is 12.4 Å². The predicted molar refractivity (Wildman–Crippen MR) is 98.2 cm³/mol. The maximum Gasteiger partial charge on any atom is 0.305 e. The monoisotopic (exact) mass is 372 g/mol. The molecule has 3 rings (SSSR count). The van der Waals surface area contributed by atoms with Crippen LogP contribution in [0, 0.1) is 13.8 Å². The van der Waals surface area contributed by atoms with E-state index in [9.17, 15) is 9.59 Å². The van der Waals surface area contributed by atoms with Crippen molar-refractivity contribution in [3.8, 4) is 5.75 Å². The number of rotatable bonds is 4. The van der Waals surface area contributed by atoms with E-state index in [1.807, 2.05) is 32.0 Å². The van der Waals surface area contributed by atoms with E-state index in [4.69, 9.17) is 20.8 Å². The highest BCUT2D eigenvalue weighted by Gasteiger charge is 2.14. The summed E-state index contributed by atoms with van der Waals surface area (Å²) < 4.78 is 10.9. The van der Waals surface area contributed by atoms with Crippen molar-refractivity contribution < 1.29 is 18.7 Å². The molecule has 0 fully saturated rings. The lowest BCUT2D eigenvalue weighted by Crippen LogP contribution is -2.43. The largest absolute Gasteiger partial charge is 0.483 e. The number of fused-ring (bicyclic) bond motifs is 1. The second-order valence-electron chi connectivity index (χ2n) is 5.85. The molecular formula is C19H17ClN2O4. The number of furan rings is 1. The average molecular weight is 373 g/mol. The summed E-state index contributed by atoms with van der Waals surface area (Å²) in [6, 6.07) is 12.3. The van der Waals surface area contributed by atoms with E-state index >= 15 is 0 Å². The molecule has 0 aliphatic rings. The molecule has 1 aromatic heterocycles. The minimum absolute atomic E-state index is 0.0676. The minimum atomic E-state index is -0.572. The summed E-state index contributed by atoms with van der Waals surface area (Å²) in [6.07, 6.45) is 0. The molecule has 0 unspecified atom stereocenters. The van der Waals surface area contributed by atoms with E-state index in [0.717, 1.165) is 11.1 Å². The Bertz CT molecular complexity index is 981. The molecule has 0 aliphatic heterocycles. The van der Waals surface area contributed by atoms with E-state index in [1.165, 1.54) is 0 Å². The first kappa shape index (κ1) is 17.8. The highest BCUT2D eigenvalue weighted by molar-refractivity contribution is 6.31. The number of carbonyl (C=O) groups is 2. The lowest BCUT2D eigenvalue weighted by atomic mass is 10.1. The molecule has 2 N–H and O–H groups in total. The van der Waals surface area contributed by atoms with Gasteiger partial charge in [0.2, 0.25) is 0 Å². The lowest BCUT2D eigenvalue weighted by Gasteiger charge is -2.10. The van der Waals surface area contributed by atoms with E-state index in [2.05, 4.69) is 10.9 Å². The quantitative estimate of drug-likeness (QED) is 0.686. The first-order valence-corrected chi connectivity index (χ1v) is 8.28. The van der Waals surface area contributed by atoms with E-state index < -0.39 is 11.8 Å². The number of benzene rings is 2. The molecular weight excluding hydrogens is 356 g/mol. The highest BCUT2D eigenvalue weighted by atomic mass is 35.5. The molecule has 2 aromatic carbocycles. The van der Waals surface area contributed by atoms with Crippen LogP contribution in [-0.4, -0.2) is 18.4 Å². The van der Waals surface area contributed by atoms with Gasteiger partial charge in [-0.3, -0.25) is 20.4 Å². The molecule has 0 saturated carbocycles. The van der Waals surface area contributed by atoms with Crippen molar-refractivity contribution in [3.05, 3.63) is 64.4 Å². The molecule has 7 heteroatoms. The van der Waals surface area contributed by atoms with Gasteiger partial charge in [-0.05, 0) is 55.3 Å². The fourth-order valence-corrected chi connectivity index (χ4v) is 2.54. The van der Waals surface area contributed by atoms with Crippen LogP contribution in [0.5, 0.6) is 5.75 Å². The number of hydrogen-bond acceptors (Lipinski definition) is 4. The summed E-state index contributed by atoms with van der Waals surface area (Å²) in [7, 11) is 0. The van der Waals surface area contributed by atoms with Gasteiger partial charge in [0.15, 0.2) is 12.4 Å².